The number of hydrogen-bond donors (Lipinski definition) is 0. The van der Waals surface area contributed by atoms with Crippen molar-refractivity contribution >= 4 is 24.3 Å². The van der Waals surface area contributed by atoms with Crippen LogP contribution < -0.4 is 0 Å². The van der Waals surface area contributed by atoms with Crippen molar-refractivity contribution in [2.75, 3.05) is 13.1 Å². The van der Waals surface area contributed by atoms with E-state index >= 15 is 0 Å². The Balaban J connectivity index is 2.56. The molecular formula is C14H14N4O4. The predicted molar refractivity (Wildman–Crippen MR) is 72.8 cm³/mol. The fourth-order valence-electron chi connectivity index (χ4n) is 4.32. The van der Waals surface area contributed by atoms with Crippen LogP contribution in [0.15, 0.2) is 20.0 Å². The average Bonchev–Trinajstić information content (AvgIpc) is 3.07. The van der Waals surface area contributed by atoms with Gasteiger partial charge in [-0.2, -0.15) is 9.98 Å². The minimum Gasteiger partial charge on any atom is -0.211 e. The summed E-state index contributed by atoms with van der Waals surface area (Å²) in [5.41, 5.74) is -1.33. The Hall–Kier alpha value is -2.48. The Morgan fingerprint density at radius 1 is 0.909 bits per heavy atom. The first-order chi connectivity index (χ1) is 10.7. The molecule has 0 aliphatic heterocycles. The highest BCUT2D eigenvalue weighted by Gasteiger charge is 2.65. The molecule has 2 rings (SSSR count). The van der Waals surface area contributed by atoms with Gasteiger partial charge in [-0.1, -0.05) is 0 Å². The number of carbonyl (C=O) groups excluding carboxylic acids is 4. The van der Waals surface area contributed by atoms with E-state index in [0.717, 1.165) is 19.3 Å². The van der Waals surface area contributed by atoms with Gasteiger partial charge in [0.1, 0.15) is 0 Å². The van der Waals surface area contributed by atoms with Crippen LogP contribution in [0, 0.1) is 16.7 Å². The molecule has 2 aliphatic carbocycles. The second-order valence-electron chi connectivity index (χ2n) is 5.88. The molecule has 2 saturated carbocycles. The van der Waals surface area contributed by atoms with E-state index in [0.29, 0.717) is 12.3 Å². The van der Waals surface area contributed by atoms with Gasteiger partial charge in [-0.15, -0.1) is 0 Å². The average molecular weight is 302 g/mol. The fourth-order valence-corrected chi connectivity index (χ4v) is 4.32. The summed E-state index contributed by atoms with van der Waals surface area (Å²) >= 11 is 0. The van der Waals surface area contributed by atoms with E-state index in [1.165, 1.54) is 24.3 Å². The highest BCUT2D eigenvalue weighted by molar-refractivity contribution is 5.39. The molecule has 0 N–H and O–H groups in total. The number of fused-ring (bicyclic) bond motifs is 2. The largest absolute Gasteiger partial charge is 0.237 e. The molecule has 0 aromatic carbocycles. The van der Waals surface area contributed by atoms with Crippen LogP contribution in [0.3, 0.4) is 0 Å². The summed E-state index contributed by atoms with van der Waals surface area (Å²) in [7, 11) is 0. The summed E-state index contributed by atoms with van der Waals surface area (Å²) in [6, 6.07) is 0. The van der Waals surface area contributed by atoms with Crippen LogP contribution in [0.5, 0.6) is 0 Å². The molecule has 0 radical (unpaired) electrons. The molecular weight excluding hydrogens is 288 g/mol. The SMILES string of the molecule is O=C=NCC12CCC(C1)CC2(CN=C=O)C(N=C=O)N=C=O. The van der Waals surface area contributed by atoms with Crippen LogP contribution >= 0.6 is 0 Å². The topological polar surface area (TPSA) is 118 Å². The third-order valence-electron chi connectivity index (χ3n) is 5.14. The van der Waals surface area contributed by atoms with Gasteiger partial charge in [0.2, 0.25) is 24.3 Å². The Kier molecular flexibility index (Phi) is 4.71. The number of isocyanates is 4. The number of hydrogen-bond acceptors (Lipinski definition) is 8. The highest BCUT2D eigenvalue weighted by atomic mass is 16.1. The third-order valence-corrected chi connectivity index (χ3v) is 5.14. The van der Waals surface area contributed by atoms with Crippen molar-refractivity contribution in [3.8, 4) is 0 Å². The Morgan fingerprint density at radius 3 is 2.09 bits per heavy atom. The molecule has 3 atom stereocenters. The lowest BCUT2D eigenvalue weighted by atomic mass is 9.60. The highest BCUT2D eigenvalue weighted by Crippen LogP contribution is 2.66. The zero-order valence-electron chi connectivity index (χ0n) is 11.8. The normalized spacial score (nSPS) is 32.8. The van der Waals surface area contributed by atoms with Gasteiger partial charge >= 0.3 is 0 Å². The first-order valence-electron chi connectivity index (χ1n) is 6.89. The quantitative estimate of drug-likeness (QED) is 0.511. The van der Waals surface area contributed by atoms with Gasteiger partial charge in [-0.25, -0.2) is 29.2 Å². The van der Waals surface area contributed by atoms with Crippen molar-refractivity contribution in [1.29, 1.82) is 0 Å². The molecule has 0 aromatic rings. The molecule has 8 heteroatoms. The standard InChI is InChI=1S/C14H14N4O4/c19-7-15-5-13-2-1-11(3-13)4-14(13,6-16-8-20)12(17-9-21)18-10-22/h11-12H,1-6H2. The second-order valence-corrected chi connectivity index (χ2v) is 5.88. The molecule has 0 spiro atoms. The lowest BCUT2D eigenvalue weighted by molar-refractivity contribution is 0.0445. The van der Waals surface area contributed by atoms with Crippen molar-refractivity contribution in [2.24, 2.45) is 36.7 Å². The summed E-state index contributed by atoms with van der Waals surface area (Å²) in [5, 5.41) is 0. The van der Waals surface area contributed by atoms with Crippen LogP contribution in [0.2, 0.25) is 0 Å². The maximum absolute atomic E-state index is 10.7. The van der Waals surface area contributed by atoms with Crippen molar-refractivity contribution in [2.45, 2.75) is 31.8 Å². The van der Waals surface area contributed by atoms with Crippen LogP contribution in [0.25, 0.3) is 0 Å². The van der Waals surface area contributed by atoms with Gasteiger partial charge in [0.15, 0.2) is 6.17 Å². The van der Waals surface area contributed by atoms with Gasteiger partial charge < -0.3 is 0 Å². The lowest BCUT2D eigenvalue weighted by Gasteiger charge is -2.46. The summed E-state index contributed by atoms with van der Waals surface area (Å²) in [6.45, 7) is 0.197. The van der Waals surface area contributed by atoms with Crippen LogP contribution in [0.1, 0.15) is 25.7 Å². The van der Waals surface area contributed by atoms with E-state index in [-0.39, 0.29) is 13.1 Å². The van der Waals surface area contributed by atoms with Gasteiger partial charge in [0.05, 0.1) is 13.1 Å². The molecule has 2 fully saturated rings. The maximum atomic E-state index is 10.7. The second kappa shape index (κ2) is 6.52. The van der Waals surface area contributed by atoms with Crippen molar-refractivity contribution < 1.29 is 19.2 Å². The molecule has 3 unspecified atom stereocenters. The zero-order valence-corrected chi connectivity index (χ0v) is 11.8. The summed E-state index contributed by atoms with van der Waals surface area (Å²) in [6.07, 6.45) is 7.82. The number of aliphatic imine (C=N–C) groups is 4. The summed E-state index contributed by atoms with van der Waals surface area (Å²) < 4.78 is 0. The van der Waals surface area contributed by atoms with Gasteiger partial charge in [0.25, 0.3) is 0 Å². The summed E-state index contributed by atoms with van der Waals surface area (Å²) in [5.74, 6) is 0.329. The van der Waals surface area contributed by atoms with Gasteiger partial charge in [0, 0.05) is 10.8 Å². The van der Waals surface area contributed by atoms with E-state index in [1.54, 1.807) is 0 Å². The Morgan fingerprint density at radius 2 is 1.55 bits per heavy atom. The van der Waals surface area contributed by atoms with Gasteiger partial charge in [-0.3, -0.25) is 0 Å². The Bertz CT molecular complexity index is 621. The van der Waals surface area contributed by atoms with E-state index in [9.17, 15) is 19.2 Å². The van der Waals surface area contributed by atoms with Crippen molar-refractivity contribution in [3.63, 3.8) is 0 Å². The molecule has 8 nitrogen and oxygen atoms in total. The first kappa shape index (κ1) is 15.9. The minimum atomic E-state index is -1.04. The Labute approximate surface area is 126 Å². The fraction of sp³-hybridized carbons (Fsp3) is 0.714. The minimum absolute atomic E-state index is 0.0163. The van der Waals surface area contributed by atoms with E-state index in [4.69, 9.17) is 0 Å². The zero-order chi connectivity index (χ0) is 16.1. The predicted octanol–water partition coefficient (Wildman–Crippen LogP) is 0.832. The molecule has 0 amide bonds. The smallest absolute Gasteiger partial charge is 0.211 e. The molecule has 0 saturated heterocycles. The lowest BCUT2D eigenvalue weighted by Crippen LogP contribution is -2.49. The molecule has 114 valence electrons. The molecule has 2 aliphatic rings. The van der Waals surface area contributed by atoms with Crippen LogP contribution in [-0.2, 0) is 19.2 Å². The molecule has 2 bridgehead atoms. The van der Waals surface area contributed by atoms with E-state index < -0.39 is 17.0 Å². The van der Waals surface area contributed by atoms with Crippen molar-refractivity contribution in [3.05, 3.63) is 0 Å². The number of rotatable bonds is 7. The van der Waals surface area contributed by atoms with E-state index in [1.807, 2.05) is 0 Å². The van der Waals surface area contributed by atoms with E-state index in [2.05, 4.69) is 20.0 Å². The molecule has 0 heterocycles. The molecule has 22 heavy (non-hydrogen) atoms. The third kappa shape index (κ3) is 2.41. The summed E-state index contributed by atoms with van der Waals surface area (Å²) in [4.78, 5) is 57.1. The van der Waals surface area contributed by atoms with Gasteiger partial charge in [-0.05, 0) is 31.6 Å². The van der Waals surface area contributed by atoms with Crippen LogP contribution in [0.4, 0.5) is 0 Å². The number of nitrogens with zero attached hydrogens (tertiary/aromatic N) is 4. The maximum Gasteiger partial charge on any atom is 0.237 e. The van der Waals surface area contributed by atoms with Crippen molar-refractivity contribution in [1.82, 2.24) is 0 Å². The first-order valence-corrected chi connectivity index (χ1v) is 6.89. The monoisotopic (exact) mass is 302 g/mol. The molecule has 0 aromatic heterocycles. The van der Waals surface area contributed by atoms with Crippen LogP contribution in [-0.4, -0.2) is 43.6 Å².